The highest BCUT2D eigenvalue weighted by atomic mass is 16.5. The molecule has 2 rings (SSSR count). The first kappa shape index (κ1) is 15.9. The Hall–Kier alpha value is -3.16. The number of carbonyl (C=O) groups excluding carboxylic acids is 1. The molecular formula is C13H10O8. The molecule has 0 atom stereocenters. The standard InChI is InChI=1S/C7H6O4.C6H4O4/c1-10-7(9)5-2-3-6(8)11-4-5;7-5-2-1-4(3-10-5)6(8)9/h2-4H,1H3;1-3H,(H,8,9). The van der Waals surface area contributed by atoms with Gasteiger partial charge in [-0.05, 0) is 12.1 Å². The van der Waals surface area contributed by atoms with Crippen LogP contribution in [0.3, 0.4) is 0 Å². The van der Waals surface area contributed by atoms with Gasteiger partial charge in [-0.3, -0.25) is 0 Å². The molecule has 2 aromatic heterocycles. The zero-order chi connectivity index (χ0) is 15.8. The molecule has 0 spiro atoms. The third-order valence-corrected chi connectivity index (χ3v) is 2.07. The molecule has 0 saturated heterocycles. The van der Waals surface area contributed by atoms with Crippen LogP contribution in [0.15, 0.2) is 55.2 Å². The molecule has 110 valence electrons. The SMILES string of the molecule is COC(=O)c1ccc(=O)oc1.O=C(O)c1ccc(=O)oc1. The zero-order valence-corrected chi connectivity index (χ0v) is 10.8. The number of carboxylic acid groups (broad SMARTS) is 1. The average Bonchev–Trinajstić information content (AvgIpc) is 2.48. The highest BCUT2D eigenvalue weighted by molar-refractivity contribution is 5.88. The van der Waals surface area contributed by atoms with Crippen LogP contribution in [-0.2, 0) is 4.74 Å². The predicted octanol–water partition coefficient (Wildman–Crippen LogP) is 0.764. The maximum Gasteiger partial charge on any atom is 0.341 e. The lowest BCUT2D eigenvalue weighted by Crippen LogP contribution is -2.03. The molecule has 2 aromatic rings. The third kappa shape index (κ3) is 5.15. The van der Waals surface area contributed by atoms with Crippen molar-refractivity contribution in [3.05, 3.63) is 68.8 Å². The number of carboxylic acids is 1. The second kappa shape index (κ2) is 7.43. The van der Waals surface area contributed by atoms with Gasteiger partial charge in [0, 0.05) is 12.1 Å². The summed E-state index contributed by atoms with van der Waals surface area (Å²) < 4.78 is 13.1. The Kier molecular flexibility index (Phi) is 5.63. The quantitative estimate of drug-likeness (QED) is 0.805. The van der Waals surface area contributed by atoms with Crippen molar-refractivity contribution < 1.29 is 28.3 Å². The van der Waals surface area contributed by atoms with Crippen LogP contribution in [0.4, 0.5) is 0 Å². The largest absolute Gasteiger partial charge is 0.478 e. The smallest absolute Gasteiger partial charge is 0.341 e. The molecule has 0 aliphatic rings. The lowest BCUT2D eigenvalue weighted by atomic mass is 10.3. The van der Waals surface area contributed by atoms with Gasteiger partial charge in [0.1, 0.15) is 12.5 Å². The Balaban J connectivity index is 0.000000211. The number of ether oxygens (including phenoxy) is 1. The fourth-order valence-corrected chi connectivity index (χ4v) is 1.07. The number of rotatable bonds is 2. The Morgan fingerprint density at radius 1 is 0.952 bits per heavy atom. The van der Waals surface area contributed by atoms with E-state index in [4.69, 9.17) is 5.11 Å². The predicted molar refractivity (Wildman–Crippen MR) is 68.3 cm³/mol. The van der Waals surface area contributed by atoms with E-state index in [0.717, 1.165) is 24.7 Å². The molecule has 1 N–H and O–H groups in total. The van der Waals surface area contributed by atoms with Crippen LogP contribution >= 0.6 is 0 Å². The molecular weight excluding hydrogens is 284 g/mol. The number of esters is 1. The molecule has 2 heterocycles. The molecule has 0 saturated carbocycles. The first-order valence-electron chi connectivity index (χ1n) is 5.43. The topological polar surface area (TPSA) is 124 Å². The lowest BCUT2D eigenvalue weighted by molar-refractivity contribution is 0.0596. The molecule has 8 heteroatoms. The van der Waals surface area contributed by atoms with Crippen molar-refractivity contribution in [1.29, 1.82) is 0 Å². The summed E-state index contributed by atoms with van der Waals surface area (Å²) in [7, 11) is 1.26. The summed E-state index contributed by atoms with van der Waals surface area (Å²) in [4.78, 5) is 41.6. The van der Waals surface area contributed by atoms with E-state index in [2.05, 4.69) is 13.6 Å². The zero-order valence-electron chi connectivity index (χ0n) is 10.8. The first-order chi connectivity index (χ1) is 9.93. The van der Waals surface area contributed by atoms with Gasteiger partial charge in [0.15, 0.2) is 0 Å². The Bertz CT molecular complexity index is 699. The summed E-state index contributed by atoms with van der Waals surface area (Å²) >= 11 is 0. The van der Waals surface area contributed by atoms with E-state index in [1.54, 1.807) is 0 Å². The molecule has 0 radical (unpaired) electrons. The first-order valence-corrected chi connectivity index (χ1v) is 5.43. The van der Waals surface area contributed by atoms with Gasteiger partial charge in [-0.2, -0.15) is 0 Å². The minimum absolute atomic E-state index is 0.0281. The van der Waals surface area contributed by atoms with Gasteiger partial charge in [0.2, 0.25) is 0 Å². The van der Waals surface area contributed by atoms with Crippen LogP contribution < -0.4 is 11.3 Å². The van der Waals surface area contributed by atoms with Crippen molar-refractivity contribution in [2.45, 2.75) is 0 Å². The summed E-state index contributed by atoms with van der Waals surface area (Å²) in [5, 5.41) is 8.31. The van der Waals surface area contributed by atoms with Crippen LogP contribution in [0.5, 0.6) is 0 Å². The van der Waals surface area contributed by atoms with Gasteiger partial charge >= 0.3 is 23.2 Å². The van der Waals surface area contributed by atoms with Crippen LogP contribution in [0.25, 0.3) is 0 Å². The number of hydrogen-bond acceptors (Lipinski definition) is 7. The minimum Gasteiger partial charge on any atom is -0.478 e. The summed E-state index contributed by atoms with van der Waals surface area (Å²) in [6, 6.07) is 4.75. The van der Waals surface area contributed by atoms with E-state index >= 15 is 0 Å². The van der Waals surface area contributed by atoms with Crippen molar-refractivity contribution in [2.75, 3.05) is 7.11 Å². The summed E-state index contributed by atoms with van der Waals surface area (Å²) in [5.74, 6) is -1.63. The monoisotopic (exact) mass is 294 g/mol. The Morgan fingerprint density at radius 3 is 1.76 bits per heavy atom. The van der Waals surface area contributed by atoms with Crippen LogP contribution in [0.2, 0.25) is 0 Å². The van der Waals surface area contributed by atoms with Crippen molar-refractivity contribution in [3.63, 3.8) is 0 Å². The van der Waals surface area contributed by atoms with E-state index in [0.29, 0.717) is 0 Å². The highest BCUT2D eigenvalue weighted by Gasteiger charge is 2.04. The number of carbonyl (C=O) groups is 2. The van der Waals surface area contributed by atoms with Crippen LogP contribution in [0.1, 0.15) is 20.7 Å². The van der Waals surface area contributed by atoms with Gasteiger partial charge in [0.05, 0.1) is 18.2 Å². The van der Waals surface area contributed by atoms with Crippen LogP contribution in [0, 0.1) is 0 Å². The molecule has 0 aliphatic heterocycles. The highest BCUT2D eigenvalue weighted by Crippen LogP contribution is 1.96. The van der Waals surface area contributed by atoms with Gasteiger partial charge in [-0.1, -0.05) is 0 Å². The van der Waals surface area contributed by atoms with Gasteiger partial charge in [0.25, 0.3) is 0 Å². The number of hydrogen-bond donors (Lipinski definition) is 1. The fourth-order valence-electron chi connectivity index (χ4n) is 1.07. The fraction of sp³-hybridized carbons (Fsp3) is 0.0769. The maximum absolute atomic E-state index is 10.7. The Labute approximate surface area is 117 Å². The van der Waals surface area contributed by atoms with Gasteiger partial charge < -0.3 is 18.7 Å². The summed E-state index contributed by atoms with van der Waals surface area (Å²) in [6.07, 6.45) is 1.97. The van der Waals surface area contributed by atoms with Crippen LogP contribution in [-0.4, -0.2) is 24.2 Å². The lowest BCUT2D eigenvalue weighted by Gasteiger charge is -1.94. The maximum atomic E-state index is 10.7. The number of aromatic carboxylic acids is 1. The molecule has 8 nitrogen and oxygen atoms in total. The minimum atomic E-state index is -1.11. The van der Waals surface area contributed by atoms with Crippen molar-refractivity contribution >= 4 is 11.9 Å². The van der Waals surface area contributed by atoms with Crippen molar-refractivity contribution in [3.8, 4) is 0 Å². The van der Waals surface area contributed by atoms with Gasteiger partial charge in [-0.15, -0.1) is 0 Å². The second-order valence-electron chi connectivity index (χ2n) is 3.48. The summed E-state index contributed by atoms with van der Waals surface area (Å²) in [6.45, 7) is 0. The Morgan fingerprint density at radius 2 is 1.43 bits per heavy atom. The molecule has 0 bridgehead atoms. The molecule has 0 unspecified atom stereocenters. The van der Waals surface area contributed by atoms with E-state index in [9.17, 15) is 19.2 Å². The molecule has 0 amide bonds. The third-order valence-electron chi connectivity index (χ3n) is 2.07. The molecule has 0 fully saturated rings. The average molecular weight is 294 g/mol. The summed E-state index contributed by atoms with van der Waals surface area (Å²) in [5.41, 5.74) is -0.839. The molecule has 21 heavy (non-hydrogen) atoms. The van der Waals surface area contributed by atoms with E-state index in [-0.39, 0.29) is 11.1 Å². The normalized spacial score (nSPS) is 9.19. The van der Waals surface area contributed by atoms with Gasteiger partial charge in [-0.25, -0.2) is 19.2 Å². The van der Waals surface area contributed by atoms with E-state index in [1.165, 1.54) is 19.2 Å². The molecule has 0 aliphatic carbocycles. The van der Waals surface area contributed by atoms with Crippen molar-refractivity contribution in [2.24, 2.45) is 0 Å². The van der Waals surface area contributed by atoms with E-state index in [1.807, 2.05) is 0 Å². The molecule has 0 aromatic carbocycles. The van der Waals surface area contributed by atoms with Crippen molar-refractivity contribution in [1.82, 2.24) is 0 Å². The second-order valence-corrected chi connectivity index (χ2v) is 3.48. The number of methoxy groups -OCH3 is 1. The van der Waals surface area contributed by atoms with E-state index < -0.39 is 23.2 Å².